The van der Waals surface area contributed by atoms with E-state index in [2.05, 4.69) is 5.32 Å². The summed E-state index contributed by atoms with van der Waals surface area (Å²) in [6.45, 7) is 1.53. The molecule has 2 aromatic rings. The van der Waals surface area contributed by atoms with E-state index < -0.39 is 30.1 Å². The third-order valence-corrected chi connectivity index (χ3v) is 4.13. The van der Waals surface area contributed by atoms with E-state index in [-0.39, 0.29) is 18.8 Å². The lowest BCUT2D eigenvalue weighted by molar-refractivity contribution is -0.162. The molecule has 7 heteroatoms. The molecule has 26 heavy (non-hydrogen) atoms. The van der Waals surface area contributed by atoms with E-state index in [1.165, 1.54) is 6.92 Å². The number of benzene rings is 2. The number of hydrogen-bond acceptors (Lipinski definition) is 2. The summed E-state index contributed by atoms with van der Waals surface area (Å²) >= 11 is 0. The van der Waals surface area contributed by atoms with E-state index in [1.54, 1.807) is 60.7 Å². The molecule has 0 aromatic heterocycles. The molecule has 0 bridgehead atoms. The Bertz CT molecular complexity index is 680. The first kappa shape index (κ1) is 22.0. The summed E-state index contributed by atoms with van der Waals surface area (Å²) in [4.78, 5) is 12.3. The van der Waals surface area contributed by atoms with Crippen molar-refractivity contribution in [3.8, 4) is 0 Å². The van der Waals surface area contributed by atoms with Gasteiger partial charge in [-0.1, -0.05) is 67.6 Å². The third-order valence-electron chi connectivity index (χ3n) is 4.13. The fourth-order valence-electron chi connectivity index (χ4n) is 2.53. The second-order valence-corrected chi connectivity index (χ2v) is 6.02. The van der Waals surface area contributed by atoms with Crippen molar-refractivity contribution in [3.63, 3.8) is 0 Å². The summed E-state index contributed by atoms with van der Waals surface area (Å²) < 4.78 is 39.9. The fourth-order valence-corrected chi connectivity index (χ4v) is 2.53. The first-order chi connectivity index (χ1) is 11.8. The maximum atomic E-state index is 13.3. The van der Waals surface area contributed by atoms with Crippen molar-refractivity contribution < 1.29 is 18.0 Å². The van der Waals surface area contributed by atoms with Crippen LogP contribution in [-0.4, -0.2) is 18.1 Å². The molecule has 0 radical (unpaired) electrons. The van der Waals surface area contributed by atoms with E-state index in [0.29, 0.717) is 11.1 Å². The zero-order valence-corrected chi connectivity index (χ0v) is 15.1. The van der Waals surface area contributed by atoms with Gasteiger partial charge in [0.1, 0.15) is 6.04 Å². The van der Waals surface area contributed by atoms with Crippen molar-refractivity contribution in [1.29, 1.82) is 0 Å². The number of rotatable bonds is 6. The Labute approximate surface area is 157 Å². The average molecular weight is 387 g/mol. The van der Waals surface area contributed by atoms with E-state index in [4.69, 9.17) is 5.73 Å². The zero-order chi connectivity index (χ0) is 18.4. The molecule has 0 aliphatic carbocycles. The van der Waals surface area contributed by atoms with Crippen LogP contribution in [0.2, 0.25) is 0 Å². The maximum Gasteiger partial charge on any atom is 0.408 e. The van der Waals surface area contributed by atoms with Gasteiger partial charge < -0.3 is 11.1 Å². The molecule has 1 amide bonds. The van der Waals surface area contributed by atoms with Gasteiger partial charge in [-0.3, -0.25) is 4.79 Å². The highest BCUT2D eigenvalue weighted by atomic mass is 35.5. The number of hydrogen-bond donors (Lipinski definition) is 2. The number of nitrogens with two attached hydrogens (primary N) is 1. The van der Waals surface area contributed by atoms with Gasteiger partial charge in [0.25, 0.3) is 0 Å². The number of carbonyl (C=O) groups excluding carboxylic acids is 1. The predicted octanol–water partition coefficient (Wildman–Crippen LogP) is 4.03. The minimum Gasteiger partial charge on any atom is -0.344 e. The number of carbonyl (C=O) groups is 1. The second kappa shape index (κ2) is 9.59. The molecule has 2 rings (SSSR count). The van der Waals surface area contributed by atoms with Crippen LogP contribution in [0.15, 0.2) is 60.7 Å². The van der Waals surface area contributed by atoms with E-state index in [9.17, 15) is 18.0 Å². The van der Waals surface area contributed by atoms with Crippen molar-refractivity contribution in [3.05, 3.63) is 71.8 Å². The van der Waals surface area contributed by atoms with Crippen molar-refractivity contribution in [2.75, 3.05) is 0 Å². The summed E-state index contributed by atoms with van der Waals surface area (Å²) in [6.07, 6.45) is -4.86. The summed E-state index contributed by atoms with van der Waals surface area (Å²) in [5.74, 6) is -1.50. The molecule has 3 nitrogen and oxygen atoms in total. The van der Waals surface area contributed by atoms with Gasteiger partial charge in [-0.25, -0.2) is 0 Å². The highest BCUT2D eigenvalue weighted by molar-refractivity contribution is 5.85. The number of amides is 1. The van der Waals surface area contributed by atoms with Gasteiger partial charge in [0.2, 0.25) is 5.91 Å². The maximum absolute atomic E-state index is 13.3. The molecule has 3 atom stereocenters. The molecule has 0 fully saturated rings. The second-order valence-electron chi connectivity index (χ2n) is 6.02. The van der Waals surface area contributed by atoms with Crippen LogP contribution in [-0.2, 0) is 11.2 Å². The number of alkyl halides is 3. The highest BCUT2D eigenvalue weighted by Crippen LogP contribution is 2.25. The summed E-state index contributed by atoms with van der Waals surface area (Å²) in [6, 6.07) is 14.5. The van der Waals surface area contributed by atoms with Crippen LogP contribution in [0.25, 0.3) is 0 Å². The van der Waals surface area contributed by atoms with Gasteiger partial charge in [0, 0.05) is 12.5 Å². The monoisotopic (exact) mass is 386 g/mol. The number of nitrogens with one attached hydrogen (secondary N) is 1. The molecule has 0 saturated carbocycles. The SMILES string of the molecule is CC(C(=O)NC(Cc1ccccc1)C(F)(F)F)C(N)c1ccccc1.Cl. The lowest BCUT2D eigenvalue weighted by atomic mass is 9.94. The van der Waals surface area contributed by atoms with Crippen LogP contribution in [0.5, 0.6) is 0 Å². The van der Waals surface area contributed by atoms with E-state index in [1.807, 2.05) is 0 Å². The Morgan fingerprint density at radius 3 is 2.04 bits per heavy atom. The molecule has 2 aromatic carbocycles. The van der Waals surface area contributed by atoms with Crippen LogP contribution in [0.1, 0.15) is 24.1 Å². The molecule has 3 unspecified atom stereocenters. The molecular weight excluding hydrogens is 365 g/mol. The summed E-state index contributed by atoms with van der Waals surface area (Å²) in [7, 11) is 0. The average Bonchev–Trinajstić information content (AvgIpc) is 2.60. The summed E-state index contributed by atoms with van der Waals surface area (Å²) in [5, 5.41) is 2.11. The van der Waals surface area contributed by atoms with Gasteiger partial charge in [0.05, 0.1) is 5.92 Å². The van der Waals surface area contributed by atoms with Crippen molar-refractivity contribution in [2.24, 2.45) is 11.7 Å². The van der Waals surface area contributed by atoms with Crippen LogP contribution in [0.4, 0.5) is 13.2 Å². The zero-order valence-electron chi connectivity index (χ0n) is 14.2. The quantitative estimate of drug-likeness (QED) is 0.787. The minimum atomic E-state index is -4.54. The third kappa shape index (κ3) is 6.04. The van der Waals surface area contributed by atoms with Gasteiger partial charge in [-0.05, 0) is 11.1 Å². The van der Waals surface area contributed by atoms with Crippen LogP contribution >= 0.6 is 12.4 Å². The smallest absolute Gasteiger partial charge is 0.344 e. The standard InChI is InChI=1S/C19H21F3N2O.ClH/c1-13(17(23)15-10-6-3-7-11-15)18(25)24-16(19(20,21)22)12-14-8-4-2-5-9-14;/h2-11,13,16-17H,12,23H2,1H3,(H,24,25);1H. The predicted molar refractivity (Wildman–Crippen MR) is 97.9 cm³/mol. The molecular formula is C19H22ClF3N2O. The van der Waals surface area contributed by atoms with Crippen LogP contribution in [0, 0.1) is 5.92 Å². The first-order valence-corrected chi connectivity index (χ1v) is 8.00. The Morgan fingerprint density at radius 2 is 1.54 bits per heavy atom. The largest absolute Gasteiger partial charge is 0.408 e. The molecule has 3 N–H and O–H groups in total. The van der Waals surface area contributed by atoms with Crippen molar-refractivity contribution >= 4 is 18.3 Å². The Morgan fingerprint density at radius 1 is 1.04 bits per heavy atom. The molecule has 0 heterocycles. The highest BCUT2D eigenvalue weighted by Gasteiger charge is 2.41. The van der Waals surface area contributed by atoms with Gasteiger partial charge in [0.15, 0.2) is 0 Å². The van der Waals surface area contributed by atoms with Gasteiger partial charge >= 0.3 is 6.18 Å². The minimum absolute atomic E-state index is 0. The molecule has 0 spiro atoms. The molecule has 0 saturated heterocycles. The molecule has 0 aliphatic heterocycles. The molecule has 142 valence electrons. The lowest BCUT2D eigenvalue weighted by Crippen LogP contribution is -2.49. The van der Waals surface area contributed by atoms with E-state index in [0.717, 1.165) is 0 Å². The normalized spacial score (nSPS) is 14.7. The molecule has 0 aliphatic rings. The fraction of sp³-hybridized carbons (Fsp3) is 0.316. The topological polar surface area (TPSA) is 55.1 Å². The Hall–Kier alpha value is -2.05. The first-order valence-electron chi connectivity index (χ1n) is 8.00. The number of halogens is 4. The Kier molecular flexibility index (Phi) is 8.11. The Balaban J connectivity index is 0.00000338. The van der Waals surface area contributed by atoms with Gasteiger partial charge in [-0.2, -0.15) is 13.2 Å². The van der Waals surface area contributed by atoms with E-state index >= 15 is 0 Å². The van der Waals surface area contributed by atoms with Crippen LogP contribution < -0.4 is 11.1 Å². The lowest BCUT2D eigenvalue weighted by Gasteiger charge is -2.26. The van der Waals surface area contributed by atoms with Gasteiger partial charge in [-0.15, -0.1) is 12.4 Å². The summed E-state index contributed by atoms with van der Waals surface area (Å²) in [5.41, 5.74) is 7.24. The van der Waals surface area contributed by atoms with Crippen LogP contribution in [0.3, 0.4) is 0 Å². The van der Waals surface area contributed by atoms with Crippen molar-refractivity contribution in [2.45, 2.75) is 31.6 Å². The van der Waals surface area contributed by atoms with Crippen molar-refractivity contribution in [1.82, 2.24) is 5.32 Å².